The van der Waals surface area contributed by atoms with Gasteiger partial charge >= 0.3 is 0 Å². The lowest BCUT2D eigenvalue weighted by atomic mass is 10.1. The third kappa shape index (κ3) is 3.48. The summed E-state index contributed by atoms with van der Waals surface area (Å²) in [6.45, 7) is 0.827. The van der Waals surface area contributed by atoms with Gasteiger partial charge in [-0.1, -0.05) is 30.3 Å². The van der Waals surface area contributed by atoms with E-state index in [0.29, 0.717) is 5.56 Å². The van der Waals surface area contributed by atoms with Crippen molar-refractivity contribution in [2.24, 2.45) is 0 Å². The quantitative estimate of drug-likeness (QED) is 0.761. The maximum atomic E-state index is 11.8. The molecule has 0 fully saturated rings. The van der Waals surface area contributed by atoms with Crippen molar-refractivity contribution in [1.29, 1.82) is 0 Å². The lowest BCUT2D eigenvalue weighted by molar-refractivity contribution is 0.0963. The van der Waals surface area contributed by atoms with Crippen molar-refractivity contribution in [2.45, 2.75) is 6.42 Å². The van der Waals surface area contributed by atoms with E-state index < -0.39 is 0 Å². The number of amides is 1. The number of nitrogens with zero attached hydrogens (tertiary/aromatic N) is 1. The summed E-state index contributed by atoms with van der Waals surface area (Å²) < 4.78 is 0. The van der Waals surface area contributed by atoms with Crippen LogP contribution in [0.25, 0.3) is 10.9 Å². The molecule has 2 aromatic carbocycles. The monoisotopic (exact) mass is 305 g/mol. The van der Waals surface area contributed by atoms with Crippen LogP contribution in [0.1, 0.15) is 15.9 Å². The number of rotatable bonds is 5. The summed E-state index contributed by atoms with van der Waals surface area (Å²) in [6, 6.07) is 17.9. The smallest absolute Gasteiger partial charge is 0.251 e. The average molecular weight is 305 g/mol. The molecule has 4 nitrogen and oxygen atoms in total. The molecule has 116 valence electrons. The number of pyridine rings is 1. The highest BCUT2D eigenvalue weighted by molar-refractivity contribution is 6.00. The van der Waals surface area contributed by atoms with Crippen LogP contribution in [0, 0.1) is 0 Å². The van der Waals surface area contributed by atoms with Crippen molar-refractivity contribution < 1.29 is 4.79 Å². The van der Waals surface area contributed by atoms with Gasteiger partial charge in [0.2, 0.25) is 0 Å². The number of hydrogen-bond donors (Lipinski definition) is 2. The number of benzene rings is 2. The predicted octanol–water partition coefficient (Wildman–Crippen LogP) is 3.25. The molecule has 0 spiro atoms. The zero-order valence-corrected chi connectivity index (χ0v) is 13.0. The predicted molar refractivity (Wildman–Crippen MR) is 93.8 cm³/mol. The summed E-state index contributed by atoms with van der Waals surface area (Å²) in [5, 5.41) is 7.06. The fourth-order valence-electron chi connectivity index (χ4n) is 2.57. The minimum absolute atomic E-state index is 0.0917. The number of nitrogens with one attached hydrogen (secondary N) is 2. The fourth-order valence-corrected chi connectivity index (χ4v) is 2.57. The zero-order valence-electron chi connectivity index (χ0n) is 13.0. The Balaban J connectivity index is 1.80. The van der Waals surface area contributed by atoms with Gasteiger partial charge in [-0.15, -0.1) is 0 Å². The van der Waals surface area contributed by atoms with Gasteiger partial charge in [-0.25, -0.2) is 0 Å². The zero-order chi connectivity index (χ0) is 16.1. The number of hydrogen-bond acceptors (Lipinski definition) is 3. The van der Waals surface area contributed by atoms with Gasteiger partial charge in [-0.05, 0) is 36.2 Å². The molecule has 3 aromatic rings. The van der Waals surface area contributed by atoms with Crippen LogP contribution in [-0.2, 0) is 6.42 Å². The molecular weight excluding hydrogens is 286 g/mol. The molecule has 1 heterocycles. The van der Waals surface area contributed by atoms with Crippen molar-refractivity contribution in [3.8, 4) is 0 Å². The van der Waals surface area contributed by atoms with Crippen LogP contribution in [0.3, 0.4) is 0 Å². The Kier molecular flexibility index (Phi) is 4.52. The van der Waals surface area contributed by atoms with E-state index in [-0.39, 0.29) is 5.91 Å². The van der Waals surface area contributed by atoms with Crippen LogP contribution < -0.4 is 10.6 Å². The van der Waals surface area contributed by atoms with E-state index in [4.69, 9.17) is 0 Å². The number of aromatic nitrogens is 1. The first kappa shape index (κ1) is 15.0. The molecule has 0 atom stereocenters. The number of anilines is 1. The number of fused-ring (bicyclic) bond motifs is 1. The van der Waals surface area contributed by atoms with Gasteiger partial charge in [-0.3, -0.25) is 9.78 Å². The summed E-state index contributed by atoms with van der Waals surface area (Å²) in [7, 11) is 1.63. The normalized spacial score (nSPS) is 10.5. The first-order valence-electron chi connectivity index (χ1n) is 7.66. The molecule has 3 rings (SSSR count). The van der Waals surface area contributed by atoms with Crippen molar-refractivity contribution in [1.82, 2.24) is 10.3 Å². The third-order valence-electron chi connectivity index (χ3n) is 3.80. The molecule has 1 aromatic heterocycles. The summed E-state index contributed by atoms with van der Waals surface area (Å²) in [5.74, 6) is -0.0917. The summed E-state index contributed by atoms with van der Waals surface area (Å²) in [5.41, 5.74) is 3.81. The van der Waals surface area contributed by atoms with E-state index in [1.807, 2.05) is 36.4 Å². The van der Waals surface area contributed by atoms with E-state index in [1.54, 1.807) is 19.3 Å². The molecule has 23 heavy (non-hydrogen) atoms. The van der Waals surface area contributed by atoms with E-state index >= 15 is 0 Å². The summed E-state index contributed by atoms with van der Waals surface area (Å²) in [4.78, 5) is 16.2. The molecule has 0 aliphatic carbocycles. The largest absolute Gasteiger partial charge is 0.384 e. The number of carbonyl (C=O) groups excluding carboxylic acids is 1. The van der Waals surface area contributed by atoms with Crippen LogP contribution in [-0.4, -0.2) is 24.5 Å². The fraction of sp³-hybridized carbons (Fsp3) is 0.158. The molecule has 0 saturated heterocycles. The van der Waals surface area contributed by atoms with Gasteiger partial charge in [0.05, 0.1) is 5.52 Å². The summed E-state index contributed by atoms with van der Waals surface area (Å²) in [6.07, 6.45) is 2.73. The standard InChI is InChI=1S/C19H19N3O/c1-20-19(23)15-7-8-17-16(13-15)18(10-12-22-17)21-11-9-14-5-3-2-4-6-14/h2-8,10,12-13H,9,11H2,1H3,(H,20,23)(H,21,22). The average Bonchev–Trinajstić information content (AvgIpc) is 2.62. The van der Waals surface area contributed by atoms with Gasteiger partial charge in [-0.2, -0.15) is 0 Å². The first-order valence-corrected chi connectivity index (χ1v) is 7.66. The van der Waals surface area contributed by atoms with Crippen LogP contribution in [0.15, 0.2) is 60.8 Å². The third-order valence-corrected chi connectivity index (χ3v) is 3.80. The number of carbonyl (C=O) groups is 1. The highest BCUT2D eigenvalue weighted by Crippen LogP contribution is 2.23. The van der Waals surface area contributed by atoms with Gasteiger partial charge in [0.25, 0.3) is 5.91 Å². The summed E-state index contributed by atoms with van der Waals surface area (Å²) >= 11 is 0. The van der Waals surface area contributed by atoms with Crippen LogP contribution in [0.4, 0.5) is 5.69 Å². The lowest BCUT2D eigenvalue weighted by Gasteiger charge is -2.10. The van der Waals surface area contributed by atoms with Crippen molar-refractivity contribution in [3.63, 3.8) is 0 Å². The minimum Gasteiger partial charge on any atom is -0.384 e. The Bertz CT molecular complexity index is 815. The first-order chi connectivity index (χ1) is 11.3. The van der Waals surface area contributed by atoms with Crippen LogP contribution in [0.2, 0.25) is 0 Å². The molecule has 4 heteroatoms. The van der Waals surface area contributed by atoms with E-state index in [2.05, 4.69) is 27.8 Å². The van der Waals surface area contributed by atoms with Gasteiger partial charge in [0.15, 0.2) is 0 Å². The Labute approximate surface area is 135 Å². The minimum atomic E-state index is -0.0917. The Morgan fingerprint density at radius 3 is 2.70 bits per heavy atom. The van der Waals surface area contributed by atoms with Gasteiger partial charge in [0.1, 0.15) is 0 Å². The van der Waals surface area contributed by atoms with Crippen LogP contribution in [0.5, 0.6) is 0 Å². The molecule has 0 radical (unpaired) electrons. The van der Waals surface area contributed by atoms with E-state index in [1.165, 1.54) is 5.56 Å². The maximum Gasteiger partial charge on any atom is 0.251 e. The molecule has 0 unspecified atom stereocenters. The Morgan fingerprint density at radius 1 is 1.09 bits per heavy atom. The van der Waals surface area contributed by atoms with Crippen molar-refractivity contribution in [3.05, 3.63) is 71.9 Å². The molecule has 0 saturated carbocycles. The van der Waals surface area contributed by atoms with Crippen LogP contribution >= 0.6 is 0 Å². The molecule has 0 bridgehead atoms. The highest BCUT2D eigenvalue weighted by Gasteiger charge is 2.07. The lowest BCUT2D eigenvalue weighted by Crippen LogP contribution is -2.17. The van der Waals surface area contributed by atoms with Crippen molar-refractivity contribution in [2.75, 3.05) is 18.9 Å². The molecule has 1 amide bonds. The maximum absolute atomic E-state index is 11.8. The molecule has 0 aliphatic heterocycles. The topological polar surface area (TPSA) is 54.0 Å². The van der Waals surface area contributed by atoms with E-state index in [9.17, 15) is 4.79 Å². The SMILES string of the molecule is CNC(=O)c1ccc2nccc(NCCc3ccccc3)c2c1. The second-order valence-corrected chi connectivity index (χ2v) is 5.33. The van der Waals surface area contributed by atoms with E-state index in [0.717, 1.165) is 29.6 Å². The highest BCUT2D eigenvalue weighted by atomic mass is 16.1. The second-order valence-electron chi connectivity index (χ2n) is 5.33. The molecule has 2 N–H and O–H groups in total. The second kappa shape index (κ2) is 6.92. The van der Waals surface area contributed by atoms with Gasteiger partial charge < -0.3 is 10.6 Å². The Morgan fingerprint density at radius 2 is 1.91 bits per heavy atom. The van der Waals surface area contributed by atoms with Gasteiger partial charge in [0, 0.05) is 36.4 Å². The van der Waals surface area contributed by atoms with Crippen molar-refractivity contribution >= 4 is 22.5 Å². The molecular formula is C19H19N3O. The molecule has 0 aliphatic rings. The Hall–Kier alpha value is -2.88.